The summed E-state index contributed by atoms with van der Waals surface area (Å²) in [4.78, 5) is 22.2. The van der Waals surface area contributed by atoms with Crippen LogP contribution in [0.25, 0.3) is 0 Å². The Labute approximate surface area is 117 Å². The molecule has 0 aliphatic heterocycles. The van der Waals surface area contributed by atoms with Crippen molar-refractivity contribution in [3.05, 3.63) is 51.5 Å². The number of carbonyl (C=O) groups is 2. The third kappa shape index (κ3) is 3.12. The number of carboxylic acids is 2. The van der Waals surface area contributed by atoms with Gasteiger partial charge in [0.05, 0.1) is 16.8 Å². The summed E-state index contributed by atoms with van der Waals surface area (Å²) in [6, 6.07) is 4.93. The monoisotopic (exact) mass is 295 g/mol. The van der Waals surface area contributed by atoms with E-state index in [0.717, 1.165) is 6.07 Å². The molecule has 0 spiro atoms. The molecule has 0 unspecified atom stereocenters. The molecule has 0 radical (unpaired) electrons. The van der Waals surface area contributed by atoms with Crippen LogP contribution in [0.15, 0.2) is 29.6 Å². The molecule has 1 heterocycles. The summed E-state index contributed by atoms with van der Waals surface area (Å²) in [7, 11) is 0. The van der Waals surface area contributed by atoms with Crippen molar-refractivity contribution in [3.8, 4) is 0 Å². The molecule has 0 saturated heterocycles. The van der Waals surface area contributed by atoms with E-state index in [-0.39, 0.29) is 23.4 Å². The second kappa shape index (κ2) is 5.70. The average molecular weight is 295 g/mol. The summed E-state index contributed by atoms with van der Waals surface area (Å²) in [6.45, 7) is 0.220. The molecule has 1 aromatic carbocycles. The Morgan fingerprint density at radius 1 is 1.15 bits per heavy atom. The van der Waals surface area contributed by atoms with Crippen molar-refractivity contribution in [1.29, 1.82) is 0 Å². The summed E-state index contributed by atoms with van der Waals surface area (Å²) in [5.74, 6) is -2.73. The van der Waals surface area contributed by atoms with Gasteiger partial charge < -0.3 is 15.5 Å². The van der Waals surface area contributed by atoms with Crippen LogP contribution in [0, 0.1) is 5.82 Å². The molecule has 0 aliphatic carbocycles. The summed E-state index contributed by atoms with van der Waals surface area (Å²) in [5.41, 5.74) is 0.216. The Balaban J connectivity index is 2.11. The molecule has 0 saturated carbocycles. The van der Waals surface area contributed by atoms with Crippen molar-refractivity contribution in [2.75, 3.05) is 5.32 Å². The molecule has 0 bridgehead atoms. The Morgan fingerprint density at radius 3 is 2.45 bits per heavy atom. The summed E-state index contributed by atoms with van der Waals surface area (Å²) in [5, 5.41) is 21.9. The first-order chi connectivity index (χ1) is 9.47. The van der Waals surface area contributed by atoms with Crippen molar-refractivity contribution in [2.24, 2.45) is 0 Å². The third-order valence-corrected chi connectivity index (χ3v) is 3.50. The molecular formula is C13H10FNO4S. The van der Waals surface area contributed by atoms with E-state index in [2.05, 4.69) is 5.32 Å². The predicted octanol–water partition coefficient (Wildman–Crippen LogP) is 2.90. The Kier molecular flexibility index (Phi) is 3.99. The van der Waals surface area contributed by atoms with Gasteiger partial charge in [-0.05, 0) is 24.3 Å². The van der Waals surface area contributed by atoms with Crippen molar-refractivity contribution < 1.29 is 24.2 Å². The van der Waals surface area contributed by atoms with E-state index in [4.69, 9.17) is 10.2 Å². The van der Waals surface area contributed by atoms with Crippen molar-refractivity contribution in [2.45, 2.75) is 6.54 Å². The Morgan fingerprint density at radius 2 is 1.85 bits per heavy atom. The molecule has 5 nitrogen and oxygen atoms in total. The first kappa shape index (κ1) is 14.0. The number of hydrogen-bond acceptors (Lipinski definition) is 4. The predicted molar refractivity (Wildman–Crippen MR) is 72.0 cm³/mol. The van der Waals surface area contributed by atoms with Gasteiger partial charge >= 0.3 is 11.9 Å². The SMILES string of the molecule is O=C(O)c1csc(CNc2cc(C(=O)O)ccc2F)c1. The zero-order chi connectivity index (χ0) is 14.7. The van der Waals surface area contributed by atoms with Gasteiger partial charge in [0, 0.05) is 16.8 Å². The number of anilines is 1. The highest BCUT2D eigenvalue weighted by Crippen LogP contribution is 2.20. The smallest absolute Gasteiger partial charge is 0.336 e. The number of nitrogens with one attached hydrogen (secondary N) is 1. The fourth-order valence-electron chi connectivity index (χ4n) is 1.56. The minimum Gasteiger partial charge on any atom is -0.478 e. The van der Waals surface area contributed by atoms with Gasteiger partial charge in [0.15, 0.2) is 0 Å². The van der Waals surface area contributed by atoms with Crippen molar-refractivity contribution in [1.82, 2.24) is 0 Å². The Hall–Kier alpha value is -2.41. The van der Waals surface area contributed by atoms with E-state index in [0.29, 0.717) is 4.88 Å². The van der Waals surface area contributed by atoms with E-state index in [9.17, 15) is 14.0 Å². The molecular weight excluding hydrogens is 285 g/mol. The number of carboxylic acid groups (broad SMARTS) is 2. The standard InChI is InChI=1S/C13H10FNO4S/c14-10-2-1-7(12(16)17)4-11(10)15-5-9-3-8(6-20-9)13(18)19/h1-4,6,15H,5H2,(H,16,17)(H,18,19). The van der Waals surface area contributed by atoms with Crippen LogP contribution in [0.3, 0.4) is 0 Å². The van der Waals surface area contributed by atoms with E-state index < -0.39 is 17.8 Å². The van der Waals surface area contributed by atoms with E-state index >= 15 is 0 Å². The number of aromatic carboxylic acids is 2. The highest BCUT2D eigenvalue weighted by atomic mass is 32.1. The van der Waals surface area contributed by atoms with Gasteiger partial charge in [-0.25, -0.2) is 14.0 Å². The van der Waals surface area contributed by atoms with Gasteiger partial charge in [-0.1, -0.05) is 0 Å². The maximum atomic E-state index is 13.5. The first-order valence-corrected chi connectivity index (χ1v) is 6.43. The highest BCUT2D eigenvalue weighted by Gasteiger charge is 2.10. The highest BCUT2D eigenvalue weighted by molar-refractivity contribution is 7.10. The molecule has 1 aromatic heterocycles. The van der Waals surface area contributed by atoms with Crippen LogP contribution in [0.1, 0.15) is 25.6 Å². The number of rotatable bonds is 5. The molecule has 2 aromatic rings. The second-order valence-corrected chi connectivity index (χ2v) is 4.96. The van der Waals surface area contributed by atoms with Crippen molar-refractivity contribution in [3.63, 3.8) is 0 Å². The van der Waals surface area contributed by atoms with Gasteiger partial charge in [-0.15, -0.1) is 11.3 Å². The van der Waals surface area contributed by atoms with Crippen LogP contribution in [0.2, 0.25) is 0 Å². The Bertz CT molecular complexity index is 668. The first-order valence-electron chi connectivity index (χ1n) is 5.55. The van der Waals surface area contributed by atoms with E-state index in [1.807, 2.05) is 0 Å². The number of halogens is 1. The van der Waals surface area contributed by atoms with Crippen LogP contribution in [0.4, 0.5) is 10.1 Å². The van der Waals surface area contributed by atoms with E-state index in [1.54, 1.807) is 0 Å². The average Bonchev–Trinajstić information content (AvgIpc) is 2.86. The van der Waals surface area contributed by atoms with Crippen molar-refractivity contribution >= 4 is 29.0 Å². The summed E-state index contributed by atoms with van der Waals surface area (Å²) in [6.07, 6.45) is 0. The maximum Gasteiger partial charge on any atom is 0.336 e. The number of hydrogen-bond donors (Lipinski definition) is 3. The van der Waals surface area contributed by atoms with Crippen LogP contribution in [-0.4, -0.2) is 22.2 Å². The minimum absolute atomic E-state index is 0.0219. The molecule has 0 fully saturated rings. The molecule has 0 aliphatic rings. The fraction of sp³-hybridized carbons (Fsp3) is 0.0769. The van der Waals surface area contributed by atoms with Gasteiger partial charge in [-0.3, -0.25) is 0 Å². The van der Waals surface area contributed by atoms with Gasteiger partial charge in [0.1, 0.15) is 5.82 Å². The third-order valence-electron chi connectivity index (χ3n) is 2.57. The van der Waals surface area contributed by atoms with Crippen LogP contribution in [0.5, 0.6) is 0 Å². The molecule has 3 N–H and O–H groups in total. The lowest BCUT2D eigenvalue weighted by molar-refractivity contribution is 0.0686. The number of benzene rings is 1. The lowest BCUT2D eigenvalue weighted by Crippen LogP contribution is -2.03. The molecule has 104 valence electrons. The molecule has 0 atom stereocenters. The lowest BCUT2D eigenvalue weighted by atomic mass is 10.2. The summed E-state index contributed by atoms with van der Waals surface area (Å²) >= 11 is 1.23. The quantitative estimate of drug-likeness (QED) is 0.789. The fourth-order valence-corrected chi connectivity index (χ4v) is 2.36. The van der Waals surface area contributed by atoms with Gasteiger partial charge in [0.2, 0.25) is 0 Å². The number of thiophene rings is 1. The minimum atomic E-state index is -1.14. The van der Waals surface area contributed by atoms with Crippen LogP contribution in [-0.2, 0) is 6.54 Å². The van der Waals surface area contributed by atoms with Crippen LogP contribution < -0.4 is 5.32 Å². The van der Waals surface area contributed by atoms with Gasteiger partial charge in [0.25, 0.3) is 0 Å². The lowest BCUT2D eigenvalue weighted by Gasteiger charge is -2.07. The summed E-state index contributed by atoms with van der Waals surface area (Å²) < 4.78 is 13.5. The normalized spacial score (nSPS) is 10.2. The largest absolute Gasteiger partial charge is 0.478 e. The molecule has 0 amide bonds. The van der Waals surface area contributed by atoms with Gasteiger partial charge in [-0.2, -0.15) is 0 Å². The molecule has 7 heteroatoms. The topological polar surface area (TPSA) is 86.6 Å². The maximum absolute atomic E-state index is 13.5. The second-order valence-electron chi connectivity index (χ2n) is 3.96. The zero-order valence-electron chi connectivity index (χ0n) is 10.1. The van der Waals surface area contributed by atoms with E-state index in [1.165, 1.54) is 34.9 Å². The zero-order valence-corrected chi connectivity index (χ0v) is 10.9. The molecule has 20 heavy (non-hydrogen) atoms. The molecule has 2 rings (SSSR count). The van der Waals surface area contributed by atoms with Crippen LogP contribution >= 0.6 is 11.3 Å².